The van der Waals surface area contributed by atoms with Crippen LogP contribution in [-0.4, -0.2) is 15.8 Å². The maximum absolute atomic E-state index is 10.8. The van der Waals surface area contributed by atoms with Gasteiger partial charge in [-0.1, -0.05) is 6.58 Å². The van der Waals surface area contributed by atoms with Crippen LogP contribution in [-0.2, 0) is 11.2 Å². The second-order valence-electron chi connectivity index (χ2n) is 2.25. The molecule has 1 aromatic rings. The molecule has 1 N–H and O–H groups in total. The van der Waals surface area contributed by atoms with Gasteiger partial charge in [-0.2, -0.15) is 0 Å². The topological polar surface area (TPSA) is 45.8 Å². The van der Waals surface area contributed by atoms with Crippen LogP contribution in [0.25, 0.3) is 0 Å². The molecule has 1 rings (SSSR count). The predicted molar refractivity (Wildman–Crippen MR) is 42.1 cm³/mol. The SMILES string of the molecule is C=CC(=O)CCc1cnc[nH]1. The first-order valence-electron chi connectivity index (χ1n) is 3.45. The summed E-state index contributed by atoms with van der Waals surface area (Å²) < 4.78 is 0. The average Bonchev–Trinajstić information content (AvgIpc) is 2.52. The lowest BCUT2D eigenvalue weighted by molar-refractivity contribution is -0.114. The second kappa shape index (κ2) is 3.71. The number of allylic oxidation sites excluding steroid dienone is 1. The molecule has 1 heterocycles. The predicted octanol–water partition coefficient (Wildman–Crippen LogP) is 1.10. The Morgan fingerprint density at radius 3 is 3.18 bits per heavy atom. The van der Waals surface area contributed by atoms with Gasteiger partial charge in [0.15, 0.2) is 5.78 Å². The fourth-order valence-electron chi connectivity index (χ4n) is 0.781. The number of hydrogen-bond acceptors (Lipinski definition) is 2. The lowest BCUT2D eigenvalue weighted by Gasteiger charge is -1.91. The normalized spacial score (nSPS) is 9.45. The number of carbonyl (C=O) groups excluding carboxylic acids is 1. The summed E-state index contributed by atoms with van der Waals surface area (Å²) in [5.74, 6) is 0.0691. The van der Waals surface area contributed by atoms with Gasteiger partial charge in [-0.3, -0.25) is 4.79 Å². The van der Waals surface area contributed by atoms with Crippen molar-refractivity contribution in [3.8, 4) is 0 Å². The minimum absolute atomic E-state index is 0.0691. The van der Waals surface area contributed by atoms with Gasteiger partial charge in [0.1, 0.15) is 0 Å². The van der Waals surface area contributed by atoms with E-state index in [0.717, 1.165) is 5.69 Å². The summed E-state index contributed by atoms with van der Waals surface area (Å²) in [7, 11) is 0. The van der Waals surface area contributed by atoms with Gasteiger partial charge < -0.3 is 4.98 Å². The Labute approximate surface area is 65.2 Å². The molecule has 3 nitrogen and oxygen atoms in total. The van der Waals surface area contributed by atoms with Crippen molar-refractivity contribution in [3.63, 3.8) is 0 Å². The van der Waals surface area contributed by atoms with E-state index in [1.807, 2.05) is 0 Å². The van der Waals surface area contributed by atoms with E-state index in [4.69, 9.17) is 0 Å². The monoisotopic (exact) mass is 150 g/mol. The number of nitrogens with zero attached hydrogens (tertiary/aromatic N) is 1. The number of hydrogen-bond donors (Lipinski definition) is 1. The van der Waals surface area contributed by atoms with Crippen molar-refractivity contribution in [1.82, 2.24) is 9.97 Å². The minimum Gasteiger partial charge on any atom is -0.348 e. The molecule has 0 spiro atoms. The fourth-order valence-corrected chi connectivity index (χ4v) is 0.781. The van der Waals surface area contributed by atoms with E-state index in [1.165, 1.54) is 6.08 Å². The van der Waals surface area contributed by atoms with Crippen molar-refractivity contribution < 1.29 is 4.79 Å². The average molecular weight is 150 g/mol. The summed E-state index contributed by atoms with van der Waals surface area (Å²) in [6.07, 6.45) is 5.89. The zero-order valence-electron chi connectivity index (χ0n) is 6.21. The summed E-state index contributed by atoms with van der Waals surface area (Å²) in [6.45, 7) is 3.39. The molecule has 0 bridgehead atoms. The molecule has 0 aliphatic rings. The number of aromatic amines is 1. The third-order valence-corrected chi connectivity index (χ3v) is 1.42. The highest BCUT2D eigenvalue weighted by molar-refractivity contribution is 5.89. The zero-order chi connectivity index (χ0) is 8.10. The molecule has 0 saturated carbocycles. The largest absolute Gasteiger partial charge is 0.348 e. The maximum atomic E-state index is 10.8. The highest BCUT2D eigenvalue weighted by Crippen LogP contribution is 1.97. The smallest absolute Gasteiger partial charge is 0.155 e. The molecule has 1 aromatic heterocycles. The van der Waals surface area contributed by atoms with Crippen molar-refractivity contribution in [2.45, 2.75) is 12.8 Å². The standard InChI is InChI=1S/C8H10N2O/c1-2-8(11)4-3-7-5-9-6-10-7/h2,5-6H,1,3-4H2,(H,9,10). The molecule has 0 saturated heterocycles. The van der Waals surface area contributed by atoms with Gasteiger partial charge in [-0.05, 0) is 12.5 Å². The Balaban J connectivity index is 2.34. The molecule has 0 unspecified atom stereocenters. The Bertz CT molecular complexity index is 239. The Kier molecular flexibility index (Phi) is 2.60. The van der Waals surface area contributed by atoms with Gasteiger partial charge in [-0.25, -0.2) is 4.98 Å². The van der Waals surface area contributed by atoms with E-state index in [-0.39, 0.29) is 5.78 Å². The maximum Gasteiger partial charge on any atom is 0.155 e. The Morgan fingerprint density at radius 2 is 2.64 bits per heavy atom. The summed E-state index contributed by atoms with van der Waals surface area (Å²) in [4.78, 5) is 17.5. The number of aromatic nitrogens is 2. The number of carbonyl (C=O) groups is 1. The molecule has 11 heavy (non-hydrogen) atoms. The van der Waals surface area contributed by atoms with Gasteiger partial charge in [0.05, 0.1) is 6.33 Å². The number of aryl methyl sites for hydroxylation is 1. The molecule has 0 aliphatic heterocycles. The fraction of sp³-hybridized carbons (Fsp3) is 0.250. The molecule has 0 aliphatic carbocycles. The van der Waals surface area contributed by atoms with Crippen LogP contribution in [0.15, 0.2) is 25.2 Å². The molecule has 3 heteroatoms. The molecule has 0 amide bonds. The third kappa shape index (κ3) is 2.37. The van der Waals surface area contributed by atoms with E-state index in [1.54, 1.807) is 12.5 Å². The first-order chi connectivity index (χ1) is 5.33. The van der Waals surface area contributed by atoms with Crippen LogP contribution in [0.1, 0.15) is 12.1 Å². The second-order valence-corrected chi connectivity index (χ2v) is 2.25. The third-order valence-electron chi connectivity index (χ3n) is 1.42. The molecular formula is C8H10N2O. The van der Waals surface area contributed by atoms with E-state index in [0.29, 0.717) is 12.8 Å². The van der Waals surface area contributed by atoms with Crippen molar-refractivity contribution in [1.29, 1.82) is 0 Å². The van der Waals surface area contributed by atoms with Crippen molar-refractivity contribution in [2.75, 3.05) is 0 Å². The lowest BCUT2D eigenvalue weighted by Crippen LogP contribution is -1.95. The van der Waals surface area contributed by atoms with Gasteiger partial charge in [0, 0.05) is 18.3 Å². The minimum atomic E-state index is 0.0691. The van der Waals surface area contributed by atoms with Crippen molar-refractivity contribution in [3.05, 3.63) is 30.9 Å². The van der Waals surface area contributed by atoms with Gasteiger partial charge in [-0.15, -0.1) is 0 Å². The van der Waals surface area contributed by atoms with E-state index < -0.39 is 0 Å². The van der Waals surface area contributed by atoms with Crippen LogP contribution >= 0.6 is 0 Å². The van der Waals surface area contributed by atoms with Gasteiger partial charge in [0.2, 0.25) is 0 Å². The number of nitrogens with one attached hydrogen (secondary N) is 1. The lowest BCUT2D eigenvalue weighted by atomic mass is 10.2. The number of ketones is 1. The number of rotatable bonds is 4. The van der Waals surface area contributed by atoms with E-state index >= 15 is 0 Å². The zero-order valence-corrected chi connectivity index (χ0v) is 6.21. The van der Waals surface area contributed by atoms with Crippen LogP contribution in [0.3, 0.4) is 0 Å². The number of imidazole rings is 1. The van der Waals surface area contributed by atoms with Gasteiger partial charge >= 0.3 is 0 Å². The molecular weight excluding hydrogens is 140 g/mol. The molecule has 0 fully saturated rings. The van der Waals surface area contributed by atoms with Gasteiger partial charge in [0.25, 0.3) is 0 Å². The summed E-state index contributed by atoms with van der Waals surface area (Å²) in [6, 6.07) is 0. The van der Waals surface area contributed by atoms with Crippen LogP contribution in [0.5, 0.6) is 0 Å². The van der Waals surface area contributed by atoms with E-state index in [2.05, 4.69) is 16.5 Å². The van der Waals surface area contributed by atoms with Crippen LogP contribution < -0.4 is 0 Å². The molecule has 0 atom stereocenters. The highest BCUT2D eigenvalue weighted by Gasteiger charge is 1.97. The van der Waals surface area contributed by atoms with Crippen LogP contribution in [0.2, 0.25) is 0 Å². The first-order valence-corrected chi connectivity index (χ1v) is 3.45. The quantitative estimate of drug-likeness (QED) is 0.653. The van der Waals surface area contributed by atoms with Crippen molar-refractivity contribution in [2.24, 2.45) is 0 Å². The van der Waals surface area contributed by atoms with Crippen LogP contribution in [0.4, 0.5) is 0 Å². The Morgan fingerprint density at radius 1 is 1.82 bits per heavy atom. The summed E-state index contributed by atoms with van der Waals surface area (Å²) >= 11 is 0. The Hall–Kier alpha value is -1.38. The molecule has 0 aromatic carbocycles. The summed E-state index contributed by atoms with van der Waals surface area (Å²) in [5.41, 5.74) is 0.986. The summed E-state index contributed by atoms with van der Waals surface area (Å²) in [5, 5.41) is 0. The first kappa shape index (κ1) is 7.72. The highest BCUT2D eigenvalue weighted by atomic mass is 16.1. The molecule has 58 valence electrons. The van der Waals surface area contributed by atoms with Crippen molar-refractivity contribution >= 4 is 5.78 Å². The molecule has 0 radical (unpaired) electrons. The van der Waals surface area contributed by atoms with E-state index in [9.17, 15) is 4.79 Å². The number of H-pyrrole nitrogens is 1. The van der Waals surface area contributed by atoms with Crippen LogP contribution in [0, 0.1) is 0 Å².